The van der Waals surface area contributed by atoms with Crippen molar-refractivity contribution in [3.63, 3.8) is 0 Å². The number of nitrogens with two attached hydrogens (primary N) is 3. The number of guanidine groups is 1. The standard InChI is InChI=1S/C6H13N5O2.C6H8O7.2H2O.Zn/c7-6(8)10-3-1-2-4(11-9)5(12)13;7-3(8)1-6(13,5(11)12)2-4(9)10;;;/h4,9H,1-3H2,(H,12,13)(H4,7,8,10);13H,1-2H2,(H,7,8)(H,9,10)(H,11,12);2*1H2;/p+3. The Morgan fingerprint density at radius 2 is 1.38 bits per heavy atom. The number of hydrogen-bond acceptors (Lipinski definition) is 7. The second-order valence-corrected chi connectivity index (χ2v) is 4.93. The summed E-state index contributed by atoms with van der Waals surface area (Å²) in [5.41, 5.74) is 12.3. The fraction of sp³-hybridized carbons (Fsp3) is 0.583. The van der Waals surface area contributed by atoms with E-state index in [-0.39, 0.29) is 36.4 Å². The zero-order chi connectivity index (χ0) is 20.9. The Kier molecular flexibility index (Phi) is 23.8. The van der Waals surface area contributed by atoms with Crippen molar-refractivity contribution in [2.45, 2.75) is 37.3 Å². The van der Waals surface area contributed by atoms with Gasteiger partial charge in [-0.05, 0) is 18.0 Å². The first-order chi connectivity index (χ1) is 11.9. The van der Waals surface area contributed by atoms with Crippen LogP contribution in [0.5, 0.6) is 0 Å². The molecule has 0 amide bonds. The summed E-state index contributed by atoms with van der Waals surface area (Å²) in [5.74, 6) is -6.06. The molecule has 17 heteroatoms. The van der Waals surface area contributed by atoms with E-state index in [4.69, 9.17) is 42.5 Å². The normalized spacial score (nSPS) is 10.1. The molecule has 17 N–H and O–H groups in total. The first kappa shape index (κ1) is 37.1. The molecule has 0 radical (unpaired) electrons. The molecule has 0 fully saturated rings. The van der Waals surface area contributed by atoms with Crippen LogP contribution in [0.1, 0.15) is 25.7 Å². The zero-order valence-corrected chi connectivity index (χ0v) is 18.4. The quantitative estimate of drug-likeness (QED) is 0.0342. The van der Waals surface area contributed by atoms with E-state index in [2.05, 4.69) is 10.1 Å². The van der Waals surface area contributed by atoms with Gasteiger partial charge in [0.25, 0.3) is 0 Å². The minimum Gasteiger partial charge on any atom is -0.481 e. The zero-order valence-electron chi connectivity index (χ0n) is 15.5. The number of carbonyl (C=O) groups is 4. The van der Waals surface area contributed by atoms with Gasteiger partial charge in [0.05, 0.1) is 12.8 Å². The monoisotopic (exact) mass is 482 g/mol. The molecule has 0 rings (SSSR count). The number of carboxylic acids is 4. The van der Waals surface area contributed by atoms with Gasteiger partial charge in [0.1, 0.15) is 0 Å². The van der Waals surface area contributed by atoms with Crippen LogP contribution in [0.3, 0.4) is 0 Å². The number of hydrogen-bond donors (Lipinski definition) is 8. The Labute approximate surface area is 176 Å². The second-order valence-electron chi connectivity index (χ2n) is 4.93. The van der Waals surface area contributed by atoms with Crippen molar-refractivity contribution in [1.29, 1.82) is 0 Å². The van der Waals surface area contributed by atoms with Gasteiger partial charge in [0, 0.05) is 26.0 Å². The fourth-order valence-electron chi connectivity index (χ4n) is 1.47. The predicted octanol–water partition coefficient (Wildman–Crippen LogP) is -5.39. The van der Waals surface area contributed by atoms with Gasteiger partial charge < -0.3 is 48.0 Å². The van der Waals surface area contributed by atoms with Gasteiger partial charge in [-0.15, -0.1) is 0 Å². The van der Waals surface area contributed by atoms with Crippen molar-refractivity contribution >= 4 is 29.8 Å². The number of rotatable bonds is 11. The van der Waals surface area contributed by atoms with E-state index >= 15 is 0 Å². The third-order valence-corrected chi connectivity index (χ3v) is 2.68. The smallest absolute Gasteiger partial charge is 0.336 e. The van der Waals surface area contributed by atoms with Crippen LogP contribution in [0.4, 0.5) is 0 Å². The van der Waals surface area contributed by atoms with Crippen LogP contribution in [0.25, 0.3) is 0 Å². The van der Waals surface area contributed by atoms with Crippen LogP contribution in [-0.4, -0.2) is 73.6 Å². The van der Waals surface area contributed by atoms with Crippen LogP contribution in [0, 0.1) is 0 Å². The van der Waals surface area contributed by atoms with Crippen LogP contribution in [-0.2, 0) is 49.6 Å². The van der Waals surface area contributed by atoms with Crippen LogP contribution in [0.15, 0.2) is 10.1 Å². The summed E-state index contributed by atoms with van der Waals surface area (Å²) in [5, 5.41) is 45.5. The molecule has 0 heterocycles. The molecular weight excluding hydrogens is 456 g/mol. The maximum Gasteiger partial charge on any atom is 0.336 e. The molecule has 0 saturated heterocycles. The molecule has 0 aliphatic heterocycles. The van der Waals surface area contributed by atoms with Crippen molar-refractivity contribution in [1.82, 2.24) is 0 Å². The summed E-state index contributed by atoms with van der Waals surface area (Å²) in [6.07, 6.45) is -1.42. The van der Waals surface area contributed by atoms with Gasteiger partial charge >= 0.3 is 23.9 Å². The maximum atomic E-state index is 10.4. The molecule has 0 aromatic rings. The van der Waals surface area contributed by atoms with E-state index in [1.807, 2.05) is 0 Å². The van der Waals surface area contributed by atoms with Crippen LogP contribution in [0.2, 0.25) is 0 Å². The molecule has 0 bridgehead atoms. The van der Waals surface area contributed by atoms with Gasteiger partial charge in [-0.25, -0.2) is 9.59 Å². The van der Waals surface area contributed by atoms with Gasteiger partial charge in [-0.2, -0.15) is 5.53 Å². The van der Waals surface area contributed by atoms with E-state index < -0.39 is 48.4 Å². The minimum absolute atomic E-state index is 0. The molecule has 16 nitrogen and oxygen atoms in total. The third-order valence-electron chi connectivity index (χ3n) is 2.68. The second kappa shape index (κ2) is 18.6. The average molecular weight is 484 g/mol. The minimum atomic E-state index is -2.74. The summed E-state index contributed by atoms with van der Waals surface area (Å²) >= 11 is 0. The van der Waals surface area contributed by atoms with E-state index in [0.29, 0.717) is 19.4 Å². The Hall–Kier alpha value is -2.75. The van der Waals surface area contributed by atoms with Gasteiger partial charge in [-0.1, -0.05) is 0 Å². The van der Waals surface area contributed by atoms with E-state index in [0.717, 1.165) is 0 Å². The van der Waals surface area contributed by atoms with E-state index in [1.165, 1.54) is 0 Å². The Balaban J connectivity index is -0.000000120. The van der Waals surface area contributed by atoms with Crippen molar-refractivity contribution < 1.29 is 80.7 Å². The summed E-state index contributed by atoms with van der Waals surface area (Å²) in [6, 6.07) is -0.866. The first-order valence-electron chi connectivity index (χ1n) is 6.93. The van der Waals surface area contributed by atoms with Crippen molar-refractivity contribution in [3.05, 3.63) is 0 Å². The molecule has 0 aliphatic rings. The molecule has 1 atom stereocenters. The third kappa shape index (κ3) is 19.8. The number of aliphatic hydroxyl groups is 1. The Bertz CT molecular complexity index is 552. The molecule has 166 valence electrons. The van der Waals surface area contributed by atoms with E-state index in [9.17, 15) is 19.2 Å². The SMILES string of the molecule is NC(N)=NCCCC(N=[NH2+])C(=O)O.O=C(O)CC(O)(CC(=O)O)C(=O)O.[OH3+].[OH3+].[Zn]. The molecule has 29 heavy (non-hydrogen) atoms. The molecule has 0 saturated carbocycles. The Morgan fingerprint density at radius 1 is 0.966 bits per heavy atom. The Morgan fingerprint density at radius 3 is 1.62 bits per heavy atom. The molecule has 0 aromatic heterocycles. The molecule has 0 spiro atoms. The van der Waals surface area contributed by atoms with Crippen LogP contribution >= 0.6 is 0 Å². The van der Waals surface area contributed by atoms with Crippen molar-refractivity contribution in [3.8, 4) is 0 Å². The maximum absolute atomic E-state index is 10.4. The van der Waals surface area contributed by atoms with Crippen molar-refractivity contribution in [2.75, 3.05) is 6.54 Å². The summed E-state index contributed by atoms with van der Waals surface area (Å²) in [6.45, 7) is 0.391. The number of aliphatic carboxylic acids is 4. The van der Waals surface area contributed by atoms with Crippen molar-refractivity contribution in [2.24, 2.45) is 21.6 Å². The number of carboxylic acid groups (broad SMARTS) is 4. The molecule has 1 unspecified atom stereocenters. The molecular formula is C12H28N5O11Zn+3. The average Bonchev–Trinajstić information content (AvgIpc) is 2.45. The van der Waals surface area contributed by atoms with E-state index in [1.54, 1.807) is 0 Å². The number of aliphatic imine (C=N–C) groups is 1. The molecule has 0 aliphatic carbocycles. The first-order valence-corrected chi connectivity index (χ1v) is 6.93. The topological polar surface area (TPSA) is 338 Å². The predicted molar refractivity (Wildman–Crippen MR) is 92.5 cm³/mol. The fourth-order valence-corrected chi connectivity index (χ4v) is 1.47. The summed E-state index contributed by atoms with van der Waals surface area (Å²) < 4.78 is 0. The summed E-state index contributed by atoms with van der Waals surface area (Å²) in [4.78, 5) is 44.6. The largest absolute Gasteiger partial charge is 0.481 e. The van der Waals surface area contributed by atoms with Gasteiger partial charge in [0.15, 0.2) is 11.6 Å². The van der Waals surface area contributed by atoms with Gasteiger partial charge in [-0.3, -0.25) is 14.6 Å². The number of nitrogens with zero attached hydrogens (tertiary/aromatic N) is 2. The van der Waals surface area contributed by atoms with Crippen LogP contribution < -0.4 is 17.0 Å². The summed E-state index contributed by atoms with van der Waals surface area (Å²) in [7, 11) is 0. The van der Waals surface area contributed by atoms with Gasteiger partial charge in [0.2, 0.25) is 6.04 Å². The molecule has 0 aromatic carbocycles.